The summed E-state index contributed by atoms with van der Waals surface area (Å²) in [6, 6.07) is 4.02. The Labute approximate surface area is 135 Å². The number of phenols is 1. The van der Waals surface area contributed by atoms with Gasteiger partial charge in [0.05, 0.1) is 7.11 Å². The van der Waals surface area contributed by atoms with Gasteiger partial charge in [0.25, 0.3) is 0 Å². The van der Waals surface area contributed by atoms with Crippen LogP contribution in [0.2, 0.25) is 0 Å². The van der Waals surface area contributed by atoms with E-state index in [1.807, 2.05) is 6.07 Å². The smallest absolute Gasteiger partial charge is 0.302 e. The van der Waals surface area contributed by atoms with Crippen molar-refractivity contribution in [1.82, 2.24) is 4.90 Å². The van der Waals surface area contributed by atoms with Gasteiger partial charge in [0.1, 0.15) is 6.10 Å². The van der Waals surface area contributed by atoms with Gasteiger partial charge in [-0.05, 0) is 29.7 Å². The number of rotatable bonds is 2. The van der Waals surface area contributed by atoms with E-state index in [-0.39, 0.29) is 23.7 Å². The molecule has 2 heterocycles. The lowest BCUT2D eigenvalue weighted by molar-refractivity contribution is -0.148. The van der Waals surface area contributed by atoms with Crippen molar-refractivity contribution in [2.45, 2.75) is 44.4 Å². The first kappa shape index (κ1) is 14.6. The van der Waals surface area contributed by atoms with Crippen molar-refractivity contribution in [3.8, 4) is 11.5 Å². The molecule has 1 aromatic rings. The van der Waals surface area contributed by atoms with Crippen LogP contribution in [0, 0.1) is 0 Å². The fraction of sp³-hybridized carbons (Fsp3) is 0.500. The van der Waals surface area contributed by atoms with Gasteiger partial charge in [-0.1, -0.05) is 11.6 Å². The Bertz CT molecular complexity index is 697. The second-order valence-electron chi connectivity index (χ2n) is 6.58. The molecule has 2 aliphatic heterocycles. The Kier molecular flexibility index (Phi) is 3.34. The van der Waals surface area contributed by atoms with Crippen LogP contribution in [0.1, 0.15) is 36.8 Å². The van der Waals surface area contributed by atoms with E-state index < -0.39 is 0 Å². The Morgan fingerprint density at radius 1 is 1.39 bits per heavy atom. The highest BCUT2D eigenvalue weighted by atomic mass is 16.5. The predicted molar refractivity (Wildman–Crippen MR) is 84.5 cm³/mol. The third-order valence-corrected chi connectivity index (χ3v) is 5.30. The van der Waals surface area contributed by atoms with Crippen LogP contribution >= 0.6 is 0 Å². The average molecular weight is 315 g/mol. The zero-order valence-corrected chi connectivity index (χ0v) is 13.4. The van der Waals surface area contributed by atoms with E-state index >= 15 is 0 Å². The number of hydrogen-bond acceptors (Lipinski definition) is 5. The fourth-order valence-electron chi connectivity index (χ4n) is 4.43. The monoisotopic (exact) mass is 315 g/mol. The number of esters is 1. The van der Waals surface area contributed by atoms with Crippen molar-refractivity contribution in [2.24, 2.45) is 0 Å². The zero-order valence-electron chi connectivity index (χ0n) is 13.4. The summed E-state index contributed by atoms with van der Waals surface area (Å²) in [5.41, 5.74) is 3.69. The third-order valence-electron chi connectivity index (χ3n) is 5.30. The molecule has 1 N–H and O–H groups in total. The van der Waals surface area contributed by atoms with Crippen molar-refractivity contribution in [1.29, 1.82) is 0 Å². The molecule has 3 atom stereocenters. The first-order chi connectivity index (χ1) is 11.1. The molecule has 0 saturated carbocycles. The number of benzene rings is 1. The molecule has 0 aromatic heterocycles. The molecule has 5 heteroatoms. The molecule has 1 aromatic carbocycles. The summed E-state index contributed by atoms with van der Waals surface area (Å²) in [7, 11) is 1.56. The molecular formula is C18H21NO4. The summed E-state index contributed by atoms with van der Waals surface area (Å²) in [5, 5.41) is 10.1. The number of fused-ring (bicyclic) bond motifs is 2. The van der Waals surface area contributed by atoms with E-state index in [1.165, 1.54) is 12.5 Å². The fourth-order valence-corrected chi connectivity index (χ4v) is 4.43. The lowest BCUT2D eigenvalue weighted by Gasteiger charge is -2.44. The number of aromatic hydroxyl groups is 1. The van der Waals surface area contributed by atoms with E-state index in [9.17, 15) is 9.90 Å². The van der Waals surface area contributed by atoms with Crippen LogP contribution in [0.25, 0.3) is 0 Å². The van der Waals surface area contributed by atoms with Crippen molar-refractivity contribution in [3.05, 3.63) is 34.9 Å². The van der Waals surface area contributed by atoms with Crippen LogP contribution in [-0.2, 0) is 16.1 Å². The highest BCUT2D eigenvalue weighted by Gasteiger charge is 2.47. The van der Waals surface area contributed by atoms with E-state index in [2.05, 4.69) is 11.0 Å². The molecule has 4 rings (SSSR count). The minimum atomic E-state index is -0.241. The molecule has 122 valence electrons. The van der Waals surface area contributed by atoms with Gasteiger partial charge in [0, 0.05) is 38.4 Å². The number of ether oxygens (including phenoxy) is 2. The molecular weight excluding hydrogens is 294 g/mol. The predicted octanol–water partition coefficient (Wildman–Crippen LogP) is 2.33. The van der Waals surface area contributed by atoms with Crippen LogP contribution in [-0.4, -0.2) is 41.8 Å². The number of nitrogens with zero attached hydrogens (tertiary/aromatic N) is 1. The molecule has 1 aliphatic carbocycles. The minimum Gasteiger partial charge on any atom is -0.504 e. The van der Waals surface area contributed by atoms with Crippen LogP contribution in [0.5, 0.6) is 11.5 Å². The summed E-state index contributed by atoms with van der Waals surface area (Å²) < 4.78 is 10.9. The maximum atomic E-state index is 11.5. The minimum absolute atomic E-state index is 0.111. The van der Waals surface area contributed by atoms with Gasteiger partial charge in [0.15, 0.2) is 11.5 Å². The standard InChI is InChI=1S/C18H21NO4/c1-10(20)23-15-4-3-11-5-6-19-9-12-7-14(21)16(22-2)8-13(12)17(15)18(11)19/h3,7-8,15,17-18,21H,4-6,9H2,1-2H3/t15-,17-,18-/m1/s1. The molecule has 1 saturated heterocycles. The van der Waals surface area contributed by atoms with Crippen LogP contribution in [0.3, 0.4) is 0 Å². The summed E-state index contributed by atoms with van der Waals surface area (Å²) in [4.78, 5) is 14.0. The quantitative estimate of drug-likeness (QED) is 0.670. The molecule has 3 aliphatic rings. The summed E-state index contributed by atoms with van der Waals surface area (Å²) >= 11 is 0. The van der Waals surface area contributed by atoms with Gasteiger partial charge in [0.2, 0.25) is 0 Å². The highest BCUT2D eigenvalue weighted by molar-refractivity contribution is 5.66. The van der Waals surface area contributed by atoms with Gasteiger partial charge in [-0.3, -0.25) is 9.69 Å². The maximum absolute atomic E-state index is 11.5. The van der Waals surface area contributed by atoms with Gasteiger partial charge in [-0.25, -0.2) is 0 Å². The molecule has 0 amide bonds. The number of methoxy groups -OCH3 is 1. The Morgan fingerprint density at radius 3 is 2.96 bits per heavy atom. The van der Waals surface area contributed by atoms with Crippen LogP contribution < -0.4 is 4.74 Å². The largest absolute Gasteiger partial charge is 0.504 e. The highest BCUT2D eigenvalue weighted by Crippen LogP contribution is 2.49. The topological polar surface area (TPSA) is 59.0 Å². The summed E-state index contributed by atoms with van der Waals surface area (Å²) in [6.07, 6.45) is 3.92. The van der Waals surface area contributed by atoms with E-state index in [4.69, 9.17) is 9.47 Å². The number of carbonyl (C=O) groups is 1. The first-order valence-corrected chi connectivity index (χ1v) is 8.08. The Morgan fingerprint density at radius 2 is 2.22 bits per heavy atom. The van der Waals surface area contributed by atoms with Crippen molar-refractivity contribution in [2.75, 3.05) is 13.7 Å². The third kappa shape index (κ3) is 2.22. The number of carbonyl (C=O) groups excluding carboxylic acids is 1. The van der Waals surface area contributed by atoms with Gasteiger partial charge in [-0.2, -0.15) is 0 Å². The molecule has 0 bridgehead atoms. The average Bonchev–Trinajstić information content (AvgIpc) is 2.92. The van der Waals surface area contributed by atoms with Crippen molar-refractivity contribution >= 4 is 5.97 Å². The zero-order chi connectivity index (χ0) is 16.1. The van der Waals surface area contributed by atoms with Gasteiger partial charge >= 0.3 is 5.97 Å². The molecule has 0 unspecified atom stereocenters. The van der Waals surface area contributed by atoms with Crippen molar-refractivity contribution < 1.29 is 19.4 Å². The van der Waals surface area contributed by atoms with Crippen LogP contribution in [0.4, 0.5) is 0 Å². The number of hydrogen-bond donors (Lipinski definition) is 1. The molecule has 1 fully saturated rings. The summed E-state index contributed by atoms with van der Waals surface area (Å²) in [6.45, 7) is 3.30. The Balaban J connectivity index is 1.83. The lowest BCUT2D eigenvalue weighted by atomic mass is 9.74. The summed E-state index contributed by atoms with van der Waals surface area (Å²) in [5.74, 6) is 0.515. The Hall–Kier alpha value is -2.01. The number of phenolic OH excluding ortho intramolecular Hbond substituents is 1. The van der Waals surface area contributed by atoms with E-state index in [1.54, 1.807) is 13.2 Å². The molecule has 0 spiro atoms. The second-order valence-corrected chi connectivity index (χ2v) is 6.58. The normalized spacial score (nSPS) is 28.6. The SMILES string of the molecule is COc1cc2c(cc1O)CN1CCC3=CC[C@@H](OC(C)=O)[C@@H]2[C@@H]31. The van der Waals surface area contributed by atoms with E-state index in [0.29, 0.717) is 11.8 Å². The van der Waals surface area contributed by atoms with E-state index in [0.717, 1.165) is 37.1 Å². The van der Waals surface area contributed by atoms with Gasteiger partial charge in [-0.15, -0.1) is 0 Å². The first-order valence-electron chi connectivity index (χ1n) is 8.08. The van der Waals surface area contributed by atoms with Gasteiger partial charge < -0.3 is 14.6 Å². The lowest BCUT2D eigenvalue weighted by Crippen LogP contribution is -2.46. The second kappa shape index (κ2) is 5.27. The molecule has 23 heavy (non-hydrogen) atoms. The molecule has 0 radical (unpaired) electrons. The van der Waals surface area contributed by atoms with Crippen LogP contribution in [0.15, 0.2) is 23.8 Å². The maximum Gasteiger partial charge on any atom is 0.302 e. The molecule has 5 nitrogen and oxygen atoms in total. The van der Waals surface area contributed by atoms with Crippen molar-refractivity contribution in [3.63, 3.8) is 0 Å².